The summed E-state index contributed by atoms with van der Waals surface area (Å²) >= 11 is 1.35. The number of aryl methyl sites for hydroxylation is 2. The Balaban J connectivity index is 1.93. The second kappa shape index (κ2) is 6.54. The van der Waals surface area contributed by atoms with Crippen LogP contribution in [0.5, 0.6) is 0 Å². The van der Waals surface area contributed by atoms with Crippen LogP contribution in [0.3, 0.4) is 0 Å². The topological polar surface area (TPSA) is 55.4 Å². The van der Waals surface area contributed by atoms with Crippen LogP contribution in [0.15, 0.2) is 36.4 Å². The molecule has 2 rings (SSSR count). The Morgan fingerprint density at radius 1 is 1.10 bits per heavy atom. The van der Waals surface area contributed by atoms with Crippen molar-refractivity contribution in [3.63, 3.8) is 0 Å². The van der Waals surface area contributed by atoms with Gasteiger partial charge in [0.25, 0.3) is 5.91 Å². The van der Waals surface area contributed by atoms with E-state index in [1.165, 1.54) is 11.3 Å². The maximum atomic E-state index is 12.0. The van der Waals surface area contributed by atoms with E-state index in [1.54, 1.807) is 13.0 Å². The van der Waals surface area contributed by atoms with Gasteiger partial charge >= 0.3 is 5.97 Å². The lowest BCUT2D eigenvalue weighted by Crippen LogP contribution is -2.29. The zero-order chi connectivity index (χ0) is 15.4. The fourth-order valence-electron chi connectivity index (χ4n) is 1.70. The zero-order valence-electron chi connectivity index (χ0n) is 12.2. The largest absolute Gasteiger partial charge is 0.448 e. The van der Waals surface area contributed by atoms with E-state index < -0.39 is 12.1 Å². The fourth-order valence-corrected chi connectivity index (χ4v) is 2.45. The summed E-state index contributed by atoms with van der Waals surface area (Å²) in [6.07, 6.45) is -0.846. The molecule has 0 aliphatic rings. The molecule has 1 atom stereocenters. The van der Waals surface area contributed by atoms with E-state index in [9.17, 15) is 9.59 Å². The highest BCUT2D eigenvalue weighted by molar-refractivity contribution is 7.13. The van der Waals surface area contributed by atoms with E-state index in [0.29, 0.717) is 10.6 Å². The van der Waals surface area contributed by atoms with Gasteiger partial charge in [-0.1, -0.05) is 17.7 Å². The molecular formula is C16H17NO3S. The van der Waals surface area contributed by atoms with Gasteiger partial charge in [0.15, 0.2) is 6.10 Å². The third-order valence-electron chi connectivity index (χ3n) is 2.91. The zero-order valence-corrected chi connectivity index (χ0v) is 13.0. The van der Waals surface area contributed by atoms with Crippen molar-refractivity contribution in [2.75, 3.05) is 5.32 Å². The Morgan fingerprint density at radius 3 is 2.33 bits per heavy atom. The molecule has 2 aromatic rings. The van der Waals surface area contributed by atoms with E-state index in [2.05, 4.69) is 5.32 Å². The van der Waals surface area contributed by atoms with Crippen molar-refractivity contribution in [2.45, 2.75) is 26.9 Å². The predicted molar refractivity (Wildman–Crippen MR) is 83.7 cm³/mol. The molecule has 4 nitrogen and oxygen atoms in total. The average Bonchev–Trinajstić information content (AvgIpc) is 2.88. The molecule has 0 bridgehead atoms. The summed E-state index contributed by atoms with van der Waals surface area (Å²) < 4.78 is 5.17. The van der Waals surface area contributed by atoms with Crippen molar-refractivity contribution in [2.24, 2.45) is 0 Å². The number of amides is 1. The van der Waals surface area contributed by atoms with E-state index in [4.69, 9.17) is 4.74 Å². The highest BCUT2D eigenvalue weighted by Gasteiger charge is 2.19. The van der Waals surface area contributed by atoms with Crippen molar-refractivity contribution in [1.29, 1.82) is 0 Å². The van der Waals surface area contributed by atoms with Crippen LogP contribution in [0.4, 0.5) is 5.69 Å². The van der Waals surface area contributed by atoms with Gasteiger partial charge in [0, 0.05) is 10.6 Å². The van der Waals surface area contributed by atoms with Crippen molar-refractivity contribution in [3.05, 3.63) is 51.7 Å². The van der Waals surface area contributed by atoms with Gasteiger partial charge in [0.1, 0.15) is 4.88 Å². The molecule has 0 radical (unpaired) electrons. The van der Waals surface area contributed by atoms with Crippen LogP contribution in [-0.2, 0) is 9.53 Å². The highest BCUT2D eigenvalue weighted by Crippen LogP contribution is 2.17. The maximum Gasteiger partial charge on any atom is 0.349 e. The Kier molecular flexibility index (Phi) is 4.75. The van der Waals surface area contributed by atoms with Gasteiger partial charge in [-0.2, -0.15) is 0 Å². The van der Waals surface area contributed by atoms with E-state index in [1.807, 2.05) is 44.2 Å². The number of rotatable bonds is 4. The lowest BCUT2D eigenvalue weighted by Gasteiger charge is -2.13. The first kappa shape index (κ1) is 15.3. The number of hydrogen-bond donors (Lipinski definition) is 1. The van der Waals surface area contributed by atoms with Gasteiger partial charge in [-0.15, -0.1) is 11.3 Å². The summed E-state index contributed by atoms with van der Waals surface area (Å²) in [5.41, 5.74) is 1.79. The summed E-state index contributed by atoms with van der Waals surface area (Å²) in [5, 5.41) is 2.72. The SMILES string of the molecule is Cc1ccc(NC(=O)C(C)OC(=O)c2ccc(C)s2)cc1. The Bertz CT molecular complexity index is 646. The minimum atomic E-state index is -0.846. The number of ether oxygens (including phenoxy) is 1. The number of thiophene rings is 1. The lowest BCUT2D eigenvalue weighted by atomic mass is 10.2. The molecule has 0 spiro atoms. The molecule has 1 amide bonds. The van der Waals surface area contributed by atoms with Crippen molar-refractivity contribution < 1.29 is 14.3 Å². The molecule has 0 aliphatic carbocycles. The van der Waals surface area contributed by atoms with Gasteiger partial charge in [-0.05, 0) is 45.0 Å². The highest BCUT2D eigenvalue weighted by atomic mass is 32.1. The molecule has 1 unspecified atom stereocenters. The molecule has 5 heteroatoms. The third-order valence-corrected chi connectivity index (χ3v) is 3.89. The van der Waals surface area contributed by atoms with E-state index >= 15 is 0 Å². The summed E-state index contributed by atoms with van der Waals surface area (Å²) in [6, 6.07) is 11.0. The summed E-state index contributed by atoms with van der Waals surface area (Å²) in [6.45, 7) is 5.44. The standard InChI is InChI=1S/C16H17NO3S/c1-10-4-7-13(8-5-10)17-15(18)12(3)20-16(19)14-9-6-11(2)21-14/h4-9,12H,1-3H3,(H,17,18). The van der Waals surface area contributed by atoms with Gasteiger partial charge < -0.3 is 10.1 Å². The van der Waals surface area contributed by atoms with Crippen LogP contribution in [0, 0.1) is 13.8 Å². The molecule has 1 aromatic carbocycles. The van der Waals surface area contributed by atoms with Crippen LogP contribution in [0.2, 0.25) is 0 Å². The molecule has 0 saturated heterocycles. The monoisotopic (exact) mass is 303 g/mol. The number of nitrogens with one attached hydrogen (secondary N) is 1. The molecule has 1 heterocycles. The number of anilines is 1. The van der Waals surface area contributed by atoms with Gasteiger partial charge in [0.2, 0.25) is 0 Å². The van der Waals surface area contributed by atoms with Crippen LogP contribution in [0.25, 0.3) is 0 Å². The molecular weight excluding hydrogens is 286 g/mol. The smallest absolute Gasteiger partial charge is 0.349 e. The first-order valence-corrected chi connectivity index (χ1v) is 7.42. The quantitative estimate of drug-likeness (QED) is 0.879. The van der Waals surface area contributed by atoms with Crippen LogP contribution < -0.4 is 5.32 Å². The number of carbonyl (C=O) groups is 2. The number of esters is 1. The summed E-state index contributed by atoms with van der Waals surface area (Å²) in [5.74, 6) is -0.819. The van der Waals surface area contributed by atoms with Crippen molar-refractivity contribution in [1.82, 2.24) is 0 Å². The molecule has 1 N–H and O–H groups in total. The Hall–Kier alpha value is -2.14. The summed E-state index contributed by atoms with van der Waals surface area (Å²) in [7, 11) is 0. The second-order valence-electron chi connectivity index (χ2n) is 4.81. The predicted octanol–water partition coefficient (Wildman–Crippen LogP) is 3.55. The van der Waals surface area contributed by atoms with E-state index in [0.717, 1.165) is 10.4 Å². The minimum Gasteiger partial charge on any atom is -0.448 e. The number of carbonyl (C=O) groups excluding carboxylic acids is 2. The minimum absolute atomic E-state index is 0.347. The normalized spacial score (nSPS) is 11.8. The lowest BCUT2D eigenvalue weighted by molar-refractivity contribution is -0.123. The molecule has 110 valence electrons. The van der Waals surface area contributed by atoms with Crippen LogP contribution in [0.1, 0.15) is 27.0 Å². The van der Waals surface area contributed by atoms with Crippen molar-refractivity contribution >= 4 is 28.9 Å². The van der Waals surface area contributed by atoms with Gasteiger partial charge in [0.05, 0.1) is 0 Å². The molecule has 1 aromatic heterocycles. The fraction of sp³-hybridized carbons (Fsp3) is 0.250. The Morgan fingerprint density at radius 2 is 1.76 bits per heavy atom. The first-order valence-electron chi connectivity index (χ1n) is 6.60. The molecule has 0 aliphatic heterocycles. The number of hydrogen-bond acceptors (Lipinski definition) is 4. The van der Waals surface area contributed by atoms with E-state index in [-0.39, 0.29) is 5.91 Å². The Labute approximate surface area is 127 Å². The first-order chi connectivity index (χ1) is 9.95. The third kappa shape index (κ3) is 4.16. The molecule has 0 fully saturated rings. The van der Waals surface area contributed by atoms with Crippen LogP contribution in [-0.4, -0.2) is 18.0 Å². The van der Waals surface area contributed by atoms with Gasteiger partial charge in [-0.25, -0.2) is 4.79 Å². The van der Waals surface area contributed by atoms with Crippen LogP contribution >= 0.6 is 11.3 Å². The molecule has 21 heavy (non-hydrogen) atoms. The van der Waals surface area contributed by atoms with Gasteiger partial charge in [-0.3, -0.25) is 4.79 Å². The second-order valence-corrected chi connectivity index (χ2v) is 6.10. The number of benzene rings is 1. The van der Waals surface area contributed by atoms with Crippen molar-refractivity contribution in [3.8, 4) is 0 Å². The average molecular weight is 303 g/mol. The molecule has 0 saturated carbocycles. The maximum absolute atomic E-state index is 12.0. The summed E-state index contributed by atoms with van der Waals surface area (Å²) in [4.78, 5) is 25.4.